The first-order valence-corrected chi connectivity index (χ1v) is 9.95. The number of carbonyl (C=O) groups is 1. The monoisotopic (exact) mass is 345 g/mol. The minimum absolute atomic E-state index is 0.161. The fourth-order valence-electron chi connectivity index (χ4n) is 4.85. The number of nitrogens with zero attached hydrogens (tertiary/aromatic N) is 5. The predicted molar refractivity (Wildman–Crippen MR) is 97.7 cm³/mol. The second-order valence-corrected chi connectivity index (χ2v) is 7.92. The number of aryl methyl sites for hydroxylation is 2. The highest BCUT2D eigenvalue weighted by molar-refractivity contribution is 5.95. The summed E-state index contributed by atoms with van der Waals surface area (Å²) in [7, 11) is 0. The van der Waals surface area contributed by atoms with Crippen LogP contribution in [0.15, 0.2) is 6.20 Å². The van der Waals surface area contributed by atoms with Crippen LogP contribution in [0.5, 0.6) is 0 Å². The van der Waals surface area contributed by atoms with Gasteiger partial charge in [0, 0.05) is 51.5 Å². The summed E-state index contributed by atoms with van der Waals surface area (Å²) in [6.07, 6.45) is 5.69. The number of fused-ring (bicyclic) bond motifs is 3. The van der Waals surface area contributed by atoms with Gasteiger partial charge in [-0.1, -0.05) is 6.92 Å². The summed E-state index contributed by atoms with van der Waals surface area (Å²) in [6, 6.07) is 0.716. The molecule has 0 saturated carbocycles. The SMILES string of the molecule is CCCn1cc(C(=O)N2CCN([C@@H]3CN4CCC3CC4)CC2)c(C)n1. The minimum atomic E-state index is 0.161. The Kier molecular flexibility index (Phi) is 4.82. The maximum absolute atomic E-state index is 12.9. The molecule has 0 aromatic carbocycles. The van der Waals surface area contributed by atoms with Crippen LogP contribution >= 0.6 is 0 Å². The van der Waals surface area contributed by atoms with Crippen molar-refractivity contribution in [2.75, 3.05) is 45.8 Å². The van der Waals surface area contributed by atoms with E-state index in [9.17, 15) is 4.79 Å². The second-order valence-electron chi connectivity index (χ2n) is 7.92. The zero-order valence-corrected chi connectivity index (χ0v) is 15.7. The Morgan fingerprint density at radius 3 is 2.48 bits per heavy atom. The smallest absolute Gasteiger partial charge is 0.257 e. The van der Waals surface area contributed by atoms with Gasteiger partial charge in [-0.05, 0) is 45.2 Å². The summed E-state index contributed by atoms with van der Waals surface area (Å²) < 4.78 is 1.91. The maximum atomic E-state index is 12.9. The van der Waals surface area contributed by atoms with Crippen molar-refractivity contribution in [1.29, 1.82) is 0 Å². The molecule has 0 spiro atoms. The molecule has 1 aromatic heterocycles. The van der Waals surface area contributed by atoms with E-state index in [1.165, 1.54) is 32.5 Å². The summed E-state index contributed by atoms with van der Waals surface area (Å²) in [6.45, 7) is 12.5. The van der Waals surface area contributed by atoms with Crippen molar-refractivity contribution in [1.82, 2.24) is 24.5 Å². The molecule has 4 aliphatic rings. The number of hydrogen-bond donors (Lipinski definition) is 0. The first kappa shape index (κ1) is 17.0. The molecule has 0 radical (unpaired) electrons. The van der Waals surface area contributed by atoms with E-state index in [4.69, 9.17) is 0 Å². The van der Waals surface area contributed by atoms with E-state index >= 15 is 0 Å². The standard InChI is InChI=1S/C19H31N5O/c1-3-6-24-13-17(15(2)20-24)19(25)23-11-9-22(10-12-23)18-14-21-7-4-16(18)5-8-21/h13,16,18H,3-12,14H2,1-2H3/t18-/m1/s1. The van der Waals surface area contributed by atoms with E-state index in [1.807, 2.05) is 22.7 Å². The van der Waals surface area contributed by atoms with Crippen molar-refractivity contribution in [2.24, 2.45) is 5.92 Å². The summed E-state index contributed by atoms with van der Waals surface area (Å²) in [5.74, 6) is 1.04. The Balaban J connectivity index is 1.36. The molecule has 4 saturated heterocycles. The van der Waals surface area contributed by atoms with Crippen molar-refractivity contribution in [3.8, 4) is 0 Å². The largest absolute Gasteiger partial charge is 0.336 e. The summed E-state index contributed by atoms with van der Waals surface area (Å²) in [5.41, 5.74) is 1.64. The molecule has 1 aromatic rings. The van der Waals surface area contributed by atoms with Gasteiger partial charge in [0.05, 0.1) is 11.3 Å². The van der Waals surface area contributed by atoms with Crippen LogP contribution in [-0.2, 0) is 6.54 Å². The van der Waals surface area contributed by atoms with E-state index in [0.29, 0.717) is 6.04 Å². The molecule has 5 heterocycles. The zero-order chi connectivity index (χ0) is 17.4. The summed E-state index contributed by atoms with van der Waals surface area (Å²) >= 11 is 0. The minimum Gasteiger partial charge on any atom is -0.336 e. The van der Waals surface area contributed by atoms with Crippen molar-refractivity contribution < 1.29 is 4.79 Å². The molecule has 0 aliphatic carbocycles. The fraction of sp³-hybridized carbons (Fsp3) is 0.789. The van der Waals surface area contributed by atoms with Crippen molar-refractivity contribution >= 4 is 5.91 Å². The lowest BCUT2D eigenvalue weighted by molar-refractivity contribution is -0.0131. The molecule has 4 fully saturated rings. The van der Waals surface area contributed by atoms with Gasteiger partial charge in [0.15, 0.2) is 0 Å². The van der Waals surface area contributed by atoms with Gasteiger partial charge in [-0.25, -0.2) is 0 Å². The Labute approximate surface area is 150 Å². The van der Waals surface area contributed by atoms with Crippen LogP contribution in [0.1, 0.15) is 42.2 Å². The van der Waals surface area contributed by atoms with Crippen molar-refractivity contribution in [3.05, 3.63) is 17.5 Å². The molecule has 0 N–H and O–H groups in total. The van der Waals surface area contributed by atoms with Crippen LogP contribution in [0.2, 0.25) is 0 Å². The highest BCUT2D eigenvalue weighted by Gasteiger charge is 2.38. The normalized spacial score (nSPS) is 30.0. The number of piperazine rings is 1. The highest BCUT2D eigenvalue weighted by Crippen LogP contribution is 2.31. The van der Waals surface area contributed by atoms with Gasteiger partial charge in [-0.3, -0.25) is 14.4 Å². The summed E-state index contributed by atoms with van der Waals surface area (Å²) in [4.78, 5) is 20.2. The van der Waals surface area contributed by atoms with Gasteiger partial charge < -0.3 is 9.80 Å². The van der Waals surface area contributed by atoms with E-state index < -0.39 is 0 Å². The molecular formula is C19H31N5O. The van der Waals surface area contributed by atoms with Crippen LogP contribution in [0.25, 0.3) is 0 Å². The quantitative estimate of drug-likeness (QED) is 0.829. The third kappa shape index (κ3) is 3.34. The topological polar surface area (TPSA) is 44.6 Å². The average Bonchev–Trinajstić information content (AvgIpc) is 3.03. The molecule has 1 atom stereocenters. The van der Waals surface area contributed by atoms with Crippen LogP contribution < -0.4 is 0 Å². The van der Waals surface area contributed by atoms with E-state index in [2.05, 4.69) is 21.8 Å². The third-order valence-electron chi connectivity index (χ3n) is 6.32. The number of amides is 1. The first-order chi connectivity index (χ1) is 12.2. The van der Waals surface area contributed by atoms with Crippen LogP contribution in [-0.4, -0.2) is 82.2 Å². The van der Waals surface area contributed by atoms with Crippen LogP contribution in [0.4, 0.5) is 0 Å². The molecule has 4 aliphatic heterocycles. The third-order valence-corrected chi connectivity index (χ3v) is 6.32. The summed E-state index contributed by atoms with van der Waals surface area (Å²) in [5, 5.41) is 4.48. The van der Waals surface area contributed by atoms with Crippen molar-refractivity contribution in [2.45, 2.75) is 45.7 Å². The van der Waals surface area contributed by atoms with Gasteiger partial charge in [0.1, 0.15) is 0 Å². The lowest BCUT2D eigenvalue weighted by Crippen LogP contribution is -2.61. The average molecular weight is 345 g/mol. The number of carbonyl (C=O) groups excluding carboxylic acids is 1. The van der Waals surface area contributed by atoms with Gasteiger partial charge in [-0.15, -0.1) is 0 Å². The van der Waals surface area contributed by atoms with E-state index in [0.717, 1.165) is 56.3 Å². The second kappa shape index (κ2) is 7.08. The maximum Gasteiger partial charge on any atom is 0.257 e. The Hall–Kier alpha value is -1.40. The Morgan fingerprint density at radius 2 is 1.88 bits per heavy atom. The molecule has 138 valence electrons. The predicted octanol–water partition coefficient (Wildman–Crippen LogP) is 1.45. The lowest BCUT2D eigenvalue weighted by Gasteiger charge is -2.51. The van der Waals surface area contributed by atoms with E-state index in [-0.39, 0.29) is 5.91 Å². The number of hydrogen-bond acceptors (Lipinski definition) is 4. The van der Waals surface area contributed by atoms with Crippen LogP contribution in [0.3, 0.4) is 0 Å². The van der Waals surface area contributed by atoms with Crippen LogP contribution in [0, 0.1) is 12.8 Å². The molecule has 25 heavy (non-hydrogen) atoms. The molecule has 6 nitrogen and oxygen atoms in total. The zero-order valence-electron chi connectivity index (χ0n) is 15.7. The molecule has 0 unspecified atom stereocenters. The Bertz CT molecular complexity index is 611. The van der Waals surface area contributed by atoms with Gasteiger partial charge in [-0.2, -0.15) is 5.10 Å². The van der Waals surface area contributed by atoms with Gasteiger partial charge >= 0.3 is 0 Å². The molecule has 1 amide bonds. The fourth-order valence-corrected chi connectivity index (χ4v) is 4.85. The molecular weight excluding hydrogens is 314 g/mol. The van der Waals surface area contributed by atoms with Crippen molar-refractivity contribution in [3.63, 3.8) is 0 Å². The Morgan fingerprint density at radius 1 is 1.16 bits per heavy atom. The number of aromatic nitrogens is 2. The molecule has 2 bridgehead atoms. The molecule has 5 rings (SSSR count). The number of piperidine rings is 3. The first-order valence-electron chi connectivity index (χ1n) is 9.95. The van der Waals surface area contributed by atoms with E-state index in [1.54, 1.807) is 0 Å². The highest BCUT2D eigenvalue weighted by atomic mass is 16.2. The lowest BCUT2D eigenvalue weighted by atomic mass is 9.83. The molecule has 6 heteroatoms. The van der Waals surface area contributed by atoms with Gasteiger partial charge in [0.25, 0.3) is 5.91 Å². The van der Waals surface area contributed by atoms with Gasteiger partial charge in [0.2, 0.25) is 0 Å². The number of rotatable bonds is 4.